The van der Waals surface area contributed by atoms with Crippen LogP contribution in [0.15, 0.2) is 47.6 Å². The van der Waals surface area contributed by atoms with E-state index in [2.05, 4.69) is 59.0 Å². The second-order valence-electron chi connectivity index (χ2n) is 7.33. The van der Waals surface area contributed by atoms with Gasteiger partial charge >= 0.3 is 0 Å². The standard InChI is InChI=1S/C22H27N5O2S/c1-15(2)18-8-6-17(7-9-18)11-12-23-21(28)14-30-22-24-25-26-27(22)19-13-16(3)5-10-20(19)29-4/h5-10,13,15H,11-12,14H2,1-4H3,(H,23,28). The van der Waals surface area contributed by atoms with Gasteiger partial charge in [-0.15, -0.1) is 5.10 Å². The number of amides is 1. The van der Waals surface area contributed by atoms with Crippen LogP contribution >= 0.6 is 11.8 Å². The summed E-state index contributed by atoms with van der Waals surface area (Å²) in [6, 6.07) is 14.3. The van der Waals surface area contributed by atoms with E-state index < -0.39 is 0 Å². The number of aromatic nitrogens is 4. The summed E-state index contributed by atoms with van der Waals surface area (Å²) >= 11 is 1.29. The molecule has 1 N–H and O–H groups in total. The Kier molecular flexibility index (Phi) is 7.46. The molecule has 0 saturated carbocycles. The highest BCUT2D eigenvalue weighted by Crippen LogP contribution is 2.26. The normalized spacial score (nSPS) is 11.0. The highest BCUT2D eigenvalue weighted by molar-refractivity contribution is 7.99. The maximum atomic E-state index is 12.3. The Balaban J connectivity index is 1.52. The van der Waals surface area contributed by atoms with Crippen LogP contribution in [0.5, 0.6) is 5.75 Å². The number of methoxy groups -OCH3 is 1. The molecule has 0 aliphatic heterocycles. The quantitative estimate of drug-likeness (QED) is 0.528. The van der Waals surface area contributed by atoms with E-state index >= 15 is 0 Å². The highest BCUT2D eigenvalue weighted by Gasteiger charge is 2.15. The lowest BCUT2D eigenvalue weighted by atomic mass is 10.0. The second kappa shape index (κ2) is 10.2. The lowest BCUT2D eigenvalue weighted by Crippen LogP contribution is -2.27. The fraction of sp³-hybridized carbons (Fsp3) is 0.364. The average Bonchev–Trinajstić information content (AvgIpc) is 3.21. The van der Waals surface area contributed by atoms with Crippen molar-refractivity contribution in [3.8, 4) is 11.4 Å². The van der Waals surface area contributed by atoms with E-state index in [1.54, 1.807) is 11.8 Å². The number of tetrazole rings is 1. The largest absolute Gasteiger partial charge is 0.494 e. The summed E-state index contributed by atoms with van der Waals surface area (Å²) in [5.41, 5.74) is 4.34. The summed E-state index contributed by atoms with van der Waals surface area (Å²) < 4.78 is 7.01. The zero-order chi connectivity index (χ0) is 21.5. The summed E-state index contributed by atoms with van der Waals surface area (Å²) in [7, 11) is 1.61. The molecule has 0 fully saturated rings. The first-order valence-corrected chi connectivity index (χ1v) is 10.9. The van der Waals surface area contributed by atoms with Gasteiger partial charge < -0.3 is 10.1 Å². The van der Waals surface area contributed by atoms with Crippen molar-refractivity contribution in [3.05, 3.63) is 59.2 Å². The predicted octanol–water partition coefficient (Wildman–Crippen LogP) is 3.55. The van der Waals surface area contributed by atoms with Crippen LogP contribution in [0, 0.1) is 6.92 Å². The van der Waals surface area contributed by atoms with Gasteiger partial charge in [0.15, 0.2) is 0 Å². The molecule has 3 aromatic rings. The third kappa shape index (κ3) is 5.60. The molecule has 158 valence electrons. The van der Waals surface area contributed by atoms with Crippen molar-refractivity contribution in [2.75, 3.05) is 19.4 Å². The number of nitrogens with zero attached hydrogens (tertiary/aromatic N) is 4. The van der Waals surface area contributed by atoms with Gasteiger partial charge in [0.05, 0.1) is 12.9 Å². The maximum Gasteiger partial charge on any atom is 0.230 e. The van der Waals surface area contributed by atoms with E-state index in [9.17, 15) is 4.79 Å². The van der Waals surface area contributed by atoms with E-state index in [1.807, 2.05) is 25.1 Å². The van der Waals surface area contributed by atoms with Crippen LogP contribution < -0.4 is 10.1 Å². The molecule has 1 aromatic heterocycles. The molecular weight excluding hydrogens is 398 g/mol. The van der Waals surface area contributed by atoms with Crippen LogP contribution in [0.4, 0.5) is 0 Å². The molecule has 2 aromatic carbocycles. The molecule has 1 amide bonds. The molecular formula is C22H27N5O2S. The molecule has 0 spiro atoms. The zero-order valence-electron chi connectivity index (χ0n) is 17.8. The van der Waals surface area contributed by atoms with Crippen LogP contribution in [-0.2, 0) is 11.2 Å². The number of benzene rings is 2. The molecule has 30 heavy (non-hydrogen) atoms. The molecule has 7 nitrogen and oxygen atoms in total. The van der Waals surface area contributed by atoms with Crippen molar-refractivity contribution in [2.24, 2.45) is 0 Å². The van der Waals surface area contributed by atoms with Crippen LogP contribution in [-0.4, -0.2) is 45.5 Å². The average molecular weight is 426 g/mol. The molecule has 0 atom stereocenters. The lowest BCUT2D eigenvalue weighted by molar-refractivity contribution is -0.118. The number of thioether (sulfide) groups is 1. The number of carbonyl (C=O) groups excluding carboxylic acids is 1. The maximum absolute atomic E-state index is 12.3. The molecule has 0 unspecified atom stereocenters. The van der Waals surface area contributed by atoms with Gasteiger partial charge in [-0.2, -0.15) is 4.68 Å². The molecule has 0 bridgehead atoms. The monoisotopic (exact) mass is 425 g/mol. The minimum Gasteiger partial charge on any atom is -0.494 e. The first-order valence-electron chi connectivity index (χ1n) is 9.89. The van der Waals surface area contributed by atoms with E-state index in [0.717, 1.165) is 17.7 Å². The van der Waals surface area contributed by atoms with Crippen molar-refractivity contribution in [1.29, 1.82) is 0 Å². The van der Waals surface area contributed by atoms with Crippen molar-refractivity contribution >= 4 is 17.7 Å². The number of carbonyl (C=O) groups is 1. The SMILES string of the molecule is COc1ccc(C)cc1-n1nnnc1SCC(=O)NCCc1ccc(C(C)C)cc1. The van der Waals surface area contributed by atoms with Gasteiger partial charge in [0.2, 0.25) is 11.1 Å². The minimum atomic E-state index is -0.0513. The van der Waals surface area contributed by atoms with Gasteiger partial charge in [0.25, 0.3) is 0 Å². The fourth-order valence-corrected chi connectivity index (χ4v) is 3.70. The van der Waals surface area contributed by atoms with Gasteiger partial charge in [-0.05, 0) is 58.5 Å². The number of aryl methyl sites for hydroxylation is 1. The van der Waals surface area contributed by atoms with Gasteiger partial charge in [-0.25, -0.2) is 0 Å². The van der Waals surface area contributed by atoms with E-state index in [4.69, 9.17) is 4.74 Å². The van der Waals surface area contributed by atoms with Crippen molar-refractivity contribution in [1.82, 2.24) is 25.5 Å². The smallest absolute Gasteiger partial charge is 0.230 e. The molecule has 0 aliphatic carbocycles. The van der Waals surface area contributed by atoms with Crippen LogP contribution in [0.3, 0.4) is 0 Å². The molecule has 8 heteroatoms. The minimum absolute atomic E-state index is 0.0513. The molecule has 3 rings (SSSR count). The molecule has 0 radical (unpaired) electrons. The number of hydrogen-bond donors (Lipinski definition) is 1. The summed E-state index contributed by atoms with van der Waals surface area (Å²) in [5.74, 6) is 1.38. The van der Waals surface area contributed by atoms with Gasteiger partial charge in [0, 0.05) is 6.54 Å². The predicted molar refractivity (Wildman–Crippen MR) is 118 cm³/mol. The Morgan fingerprint density at radius 1 is 1.20 bits per heavy atom. The van der Waals surface area contributed by atoms with Crippen LogP contribution in [0.2, 0.25) is 0 Å². The number of ether oxygens (including phenoxy) is 1. The first-order chi connectivity index (χ1) is 14.5. The zero-order valence-corrected chi connectivity index (χ0v) is 18.6. The third-order valence-corrected chi connectivity index (χ3v) is 5.64. The van der Waals surface area contributed by atoms with Crippen LogP contribution in [0.25, 0.3) is 5.69 Å². The Labute approximate surface area is 181 Å². The molecule has 0 aliphatic rings. The van der Waals surface area contributed by atoms with E-state index in [1.165, 1.54) is 22.9 Å². The summed E-state index contributed by atoms with van der Waals surface area (Å²) in [6.45, 7) is 6.94. The number of nitrogens with one attached hydrogen (secondary N) is 1. The summed E-state index contributed by atoms with van der Waals surface area (Å²) in [4.78, 5) is 12.3. The first kappa shape index (κ1) is 21.8. The third-order valence-electron chi connectivity index (χ3n) is 4.72. The number of hydrogen-bond acceptors (Lipinski definition) is 6. The summed E-state index contributed by atoms with van der Waals surface area (Å²) in [6.07, 6.45) is 0.799. The van der Waals surface area contributed by atoms with Crippen LogP contribution in [0.1, 0.15) is 36.5 Å². The number of rotatable bonds is 9. The van der Waals surface area contributed by atoms with Crippen molar-refractivity contribution < 1.29 is 9.53 Å². The van der Waals surface area contributed by atoms with Gasteiger partial charge in [0.1, 0.15) is 11.4 Å². The Morgan fingerprint density at radius 2 is 1.97 bits per heavy atom. The topological polar surface area (TPSA) is 81.9 Å². The van der Waals surface area contributed by atoms with E-state index in [-0.39, 0.29) is 11.7 Å². The Hall–Kier alpha value is -2.87. The van der Waals surface area contributed by atoms with Crippen molar-refractivity contribution in [2.45, 2.75) is 38.3 Å². The Bertz CT molecular complexity index is 985. The fourth-order valence-electron chi connectivity index (χ4n) is 2.98. The molecule has 1 heterocycles. The van der Waals surface area contributed by atoms with Gasteiger partial charge in [-0.1, -0.05) is 55.9 Å². The second-order valence-corrected chi connectivity index (χ2v) is 8.28. The molecule has 0 saturated heterocycles. The lowest BCUT2D eigenvalue weighted by Gasteiger charge is -2.10. The highest BCUT2D eigenvalue weighted by atomic mass is 32.2. The van der Waals surface area contributed by atoms with Crippen molar-refractivity contribution in [3.63, 3.8) is 0 Å². The van der Waals surface area contributed by atoms with E-state index in [0.29, 0.717) is 23.4 Å². The van der Waals surface area contributed by atoms with Gasteiger partial charge in [-0.3, -0.25) is 4.79 Å². The Morgan fingerprint density at radius 3 is 2.67 bits per heavy atom. The summed E-state index contributed by atoms with van der Waals surface area (Å²) in [5, 5.41) is 15.4.